The van der Waals surface area contributed by atoms with Crippen molar-refractivity contribution < 1.29 is 222 Å². The topological polar surface area (TPSA) is 613 Å². The number of hydrogen-bond acceptors (Lipinski definition) is 46. The van der Waals surface area contributed by atoms with Crippen LogP contribution in [0.2, 0.25) is 0 Å². The van der Waals surface area contributed by atoms with Crippen molar-refractivity contribution in [2.45, 2.75) is 30.7 Å². The molecule has 0 unspecified atom stereocenters. The first kappa shape index (κ1) is 99.4. The second kappa shape index (κ2) is 42.8. The maximum Gasteiger partial charge on any atom is 0.343 e. The molecule has 0 amide bonds. The largest absolute Gasteiger partial charge is 0.504 e. The van der Waals surface area contributed by atoms with Crippen LogP contribution in [-0.2, 0) is 28.4 Å². The normalized spacial score (nSPS) is 14.0. The zero-order valence-electron chi connectivity index (χ0n) is 74.3. The van der Waals surface area contributed by atoms with Gasteiger partial charge in [-0.05, 0) is 121 Å². The van der Waals surface area contributed by atoms with Gasteiger partial charge < -0.3 is 174 Å². The molecule has 1 heterocycles. The van der Waals surface area contributed by atoms with Crippen LogP contribution in [0.15, 0.2) is 121 Å². The van der Waals surface area contributed by atoms with Gasteiger partial charge in [0.25, 0.3) is 0 Å². The molecular formula is C91H82O46. The fourth-order valence-corrected chi connectivity index (χ4v) is 13.2. The molecule has 0 saturated carbocycles. The van der Waals surface area contributed by atoms with E-state index >= 15 is 19.2 Å². The van der Waals surface area contributed by atoms with Crippen LogP contribution in [0.5, 0.6) is 172 Å². The SMILES string of the molecule is COc1cc(C(=O)Oc2cc(C(=O)OC[C@H]3O[C@@H](OC(=O)c4cc(O)c(O)c(OC(=O)c5cc(OC)c(OC)c(OC)c5)c4)[C@H](OC(=O)c4cc(O)c(O)c(OC(=O)c5cc(OC)c(OC)c(OC)c5)c4)[C@@H](OC(=O)c4cc(O)c(O)c(OC(=O)c5cc(OC)c(OC)c(OC)c5)c4)[C@@H]3OC(=O)c3cc(O)c(O)c(OC(=O)c4cc(OC)c(OC)c(OC)c4)c3)cc(O)c2O)cc(OC)c1OC. The lowest BCUT2D eigenvalue weighted by Gasteiger charge is -2.43. The van der Waals surface area contributed by atoms with Crippen molar-refractivity contribution in [3.8, 4) is 172 Å². The molecule has 46 heteroatoms. The first-order valence-corrected chi connectivity index (χ1v) is 39.0. The Morgan fingerprint density at radius 2 is 0.387 bits per heavy atom. The number of rotatable bonds is 36. The molecule has 0 radical (unpaired) electrons. The van der Waals surface area contributed by atoms with Crippen LogP contribution in [0.25, 0.3) is 0 Å². The smallest absolute Gasteiger partial charge is 0.343 e. The fourth-order valence-electron chi connectivity index (χ4n) is 13.2. The minimum Gasteiger partial charge on any atom is -0.504 e. The average molecular weight is 1910 g/mol. The van der Waals surface area contributed by atoms with Crippen LogP contribution >= 0.6 is 0 Å². The second-order valence-corrected chi connectivity index (χ2v) is 27.9. The van der Waals surface area contributed by atoms with Crippen LogP contribution in [0.1, 0.15) is 104 Å². The third-order valence-corrected chi connectivity index (χ3v) is 19.9. The Hall–Kier alpha value is -18.1. The number of carbonyl (C=O) groups is 10. The van der Waals surface area contributed by atoms with E-state index < -0.39 is 233 Å². The zero-order valence-corrected chi connectivity index (χ0v) is 74.3. The second-order valence-electron chi connectivity index (χ2n) is 27.9. The first-order valence-electron chi connectivity index (χ1n) is 39.0. The summed E-state index contributed by atoms with van der Waals surface area (Å²) in [4.78, 5) is 148. The molecule has 1 aliphatic heterocycles. The van der Waals surface area contributed by atoms with E-state index in [0.717, 1.165) is 60.7 Å². The van der Waals surface area contributed by atoms with Gasteiger partial charge in [-0.2, -0.15) is 0 Å². The van der Waals surface area contributed by atoms with Crippen molar-refractivity contribution in [2.75, 3.05) is 113 Å². The fraction of sp³-hybridized carbons (Fsp3) is 0.231. The zero-order chi connectivity index (χ0) is 100.0. The van der Waals surface area contributed by atoms with E-state index in [9.17, 15) is 79.8 Å². The molecule has 1 saturated heterocycles. The molecule has 11 rings (SSSR count). The van der Waals surface area contributed by atoms with E-state index in [-0.39, 0.29) is 91.8 Å². The van der Waals surface area contributed by atoms with Gasteiger partial charge in [0, 0.05) is 0 Å². The van der Waals surface area contributed by atoms with Gasteiger partial charge in [0.2, 0.25) is 69.9 Å². The minimum absolute atomic E-state index is 0.00750. The van der Waals surface area contributed by atoms with E-state index in [1.807, 2.05) is 0 Å². The van der Waals surface area contributed by atoms with Crippen LogP contribution in [0.3, 0.4) is 0 Å². The van der Waals surface area contributed by atoms with Gasteiger partial charge in [-0.3, -0.25) is 0 Å². The number of carbonyl (C=O) groups excluding carboxylic acids is 10. The van der Waals surface area contributed by atoms with Crippen molar-refractivity contribution in [1.29, 1.82) is 0 Å². The number of phenolic OH excluding ortho intramolecular Hbond substituents is 10. The average Bonchev–Trinajstić information content (AvgIpc) is 0.763. The highest BCUT2D eigenvalue weighted by atomic mass is 16.8. The molecule has 10 aromatic rings. The highest BCUT2D eigenvalue weighted by molar-refractivity contribution is 6.00. The molecule has 46 nitrogen and oxygen atoms in total. The lowest BCUT2D eigenvalue weighted by Crippen LogP contribution is -2.63. The minimum atomic E-state index is -2.97. The quantitative estimate of drug-likeness (QED) is 0.00756. The molecule has 1 aliphatic rings. The van der Waals surface area contributed by atoms with E-state index in [2.05, 4.69) is 0 Å². The summed E-state index contributed by atoms with van der Waals surface area (Å²) in [5.41, 5.74) is -6.92. The maximum atomic E-state index is 15.7. The molecule has 0 aromatic heterocycles. The Morgan fingerprint density at radius 3 is 0.591 bits per heavy atom. The van der Waals surface area contributed by atoms with Crippen LogP contribution in [0, 0.1) is 0 Å². The standard InChI is InChI=1S/C91H82O46/c1-112-57-26-42(27-58(113-2)73(57)122-11)82(103)128-52-21-37(16-47(92)68(52)97)81(102)127-36-67-78(134-87(108)38-17-48(93)69(98)53(22-38)129-83(104)43-28-59(114-3)74(123-12)60(29-43)115-4)79(135-88(109)39-18-49(94)70(99)54(23-39)130-84(105)44-30-61(116-5)75(124-13)62(31-44)117-6)80(136-89(110)40-19-50(95)71(100)55(24-40)131-85(106)45-32-63(118-7)76(125-14)64(33-45)119-8)91(133-67)137-90(111)41-20-51(96)72(101)56(25-41)132-86(107)46-34-65(120-9)77(126-15)66(35-46)121-10/h16-35,67,78-80,91-101H,36H2,1-15H3/t67-,78-,79+,80-,91+/m1/s1. The van der Waals surface area contributed by atoms with Gasteiger partial charge in [-0.25, -0.2) is 47.9 Å². The molecule has 10 aromatic carbocycles. The number of esters is 10. The summed E-state index contributed by atoms with van der Waals surface area (Å²) in [6, 6.07) is 16.2. The molecule has 0 aliphatic carbocycles. The molecule has 1 fully saturated rings. The summed E-state index contributed by atoms with van der Waals surface area (Å²) in [5, 5.41) is 114. The molecule has 0 spiro atoms. The van der Waals surface area contributed by atoms with Gasteiger partial charge >= 0.3 is 59.7 Å². The van der Waals surface area contributed by atoms with Crippen LogP contribution in [-0.4, -0.2) is 255 Å². The number of phenols is 10. The Balaban J connectivity index is 1.11. The number of hydrogen-bond donors (Lipinski definition) is 10. The van der Waals surface area contributed by atoms with Gasteiger partial charge in [-0.1, -0.05) is 0 Å². The highest BCUT2D eigenvalue weighted by Crippen LogP contribution is 2.49. The monoisotopic (exact) mass is 1910 g/mol. The van der Waals surface area contributed by atoms with Gasteiger partial charge in [-0.15, -0.1) is 0 Å². The molecular weight excluding hydrogens is 1830 g/mol. The van der Waals surface area contributed by atoms with E-state index in [4.69, 9.17) is 123 Å². The molecule has 0 bridgehead atoms. The first-order chi connectivity index (χ1) is 65.4. The molecule has 722 valence electrons. The van der Waals surface area contributed by atoms with E-state index in [0.29, 0.717) is 60.7 Å². The number of methoxy groups -OCH3 is 15. The van der Waals surface area contributed by atoms with E-state index in [1.54, 1.807) is 0 Å². The predicted molar refractivity (Wildman–Crippen MR) is 456 cm³/mol. The molecule has 137 heavy (non-hydrogen) atoms. The Bertz CT molecular complexity index is 6270. The third kappa shape index (κ3) is 21.2. The van der Waals surface area contributed by atoms with Gasteiger partial charge in [0.05, 0.1) is 162 Å². The summed E-state index contributed by atoms with van der Waals surface area (Å²) in [6.07, 6.45) is -14.3. The van der Waals surface area contributed by atoms with Crippen LogP contribution in [0.4, 0.5) is 0 Å². The van der Waals surface area contributed by atoms with Crippen molar-refractivity contribution in [3.05, 3.63) is 177 Å². The number of ether oxygens (including phenoxy) is 26. The summed E-state index contributed by atoms with van der Waals surface area (Å²) in [6.45, 7) is -1.56. The summed E-state index contributed by atoms with van der Waals surface area (Å²) >= 11 is 0. The van der Waals surface area contributed by atoms with E-state index in [1.165, 1.54) is 107 Å². The van der Waals surface area contributed by atoms with Crippen molar-refractivity contribution in [2.24, 2.45) is 0 Å². The lowest BCUT2D eigenvalue weighted by atomic mass is 9.97. The predicted octanol–water partition coefficient (Wildman–Crippen LogP) is 9.38. The van der Waals surface area contributed by atoms with Crippen LogP contribution < -0.4 is 94.7 Å². The molecule has 10 N–H and O–H groups in total. The molecule has 5 atom stereocenters. The number of aromatic hydroxyl groups is 10. The Kier molecular flexibility index (Phi) is 31.1. The summed E-state index contributed by atoms with van der Waals surface area (Å²) in [5.74, 6) is -35.1. The van der Waals surface area contributed by atoms with Gasteiger partial charge in [0.1, 0.15) is 12.7 Å². The summed E-state index contributed by atoms with van der Waals surface area (Å²) in [7, 11) is 18.2. The third-order valence-electron chi connectivity index (χ3n) is 19.9. The van der Waals surface area contributed by atoms with Crippen molar-refractivity contribution in [3.63, 3.8) is 0 Å². The van der Waals surface area contributed by atoms with Crippen molar-refractivity contribution in [1.82, 2.24) is 0 Å². The lowest BCUT2D eigenvalue weighted by molar-refractivity contribution is -0.282. The van der Waals surface area contributed by atoms with Crippen molar-refractivity contribution >= 4 is 59.7 Å². The maximum absolute atomic E-state index is 15.7. The Labute approximate surface area is 772 Å². The Morgan fingerprint density at radius 1 is 0.212 bits per heavy atom. The summed E-state index contributed by atoms with van der Waals surface area (Å²) < 4.78 is 144. The number of benzene rings is 10. The van der Waals surface area contributed by atoms with Gasteiger partial charge in [0.15, 0.2) is 127 Å². The highest BCUT2D eigenvalue weighted by Gasteiger charge is 2.55.